The number of nitriles is 1. The molecule has 0 aromatic carbocycles. The van der Waals surface area contributed by atoms with Crippen molar-refractivity contribution in [1.29, 1.82) is 5.26 Å². The number of carbonyl (C=O) groups is 1. The highest BCUT2D eigenvalue weighted by Gasteiger charge is 2.29. The first-order valence-corrected chi connectivity index (χ1v) is 7.58. The number of hydrogen-bond acceptors (Lipinski definition) is 6. The van der Waals surface area contributed by atoms with Gasteiger partial charge in [-0.2, -0.15) is 5.26 Å². The van der Waals surface area contributed by atoms with Crippen molar-refractivity contribution in [2.24, 2.45) is 0 Å². The minimum absolute atomic E-state index is 0.0126. The zero-order valence-electron chi connectivity index (χ0n) is 12.1. The van der Waals surface area contributed by atoms with Crippen LogP contribution in [0.4, 0.5) is 10.7 Å². The van der Waals surface area contributed by atoms with Gasteiger partial charge in [0.1, 0.15) is 16.6 Å². The Hall–Kier alpha value is -1.58. The summed E-state index contributed by atoms with van der Waals surface area (Å²) in [4.78, 5) is 16.8. The molecule has 1 aliphatic heterocycles. The molecule has 1 saturated heterocycles. The standard InChI is InChI=1S/C14H20N4OS/c1-4-11(19)13-12(16)10(7-15)14(20-13)18-6-5-9(8-18)17(2)3/h9H,4-6,8,16H2,1-3H3. The van der Waals surface area contributed by atoms with Crippen LogP contribution in [0.25, 0.3) is 0 Å². The molecule has 1 unspecified atom stereocenters. The molecule has 1 aromatic heterocycles. The Balaban J connectivity index is 2.34. The summed E-state index contributed by atoms with van der Waals surface area (Å²) in [6, 6.07) is 2.64. The van der Waals surface area contributed by atoms with Gasteiger partial charge in [-0.05, 0) is 20.5 Å². The van der Waals surface area contributed by atoms with Gasteiger partial charge in [0.25, 0.3) is 0 Å². The smallest absolute Gasteiger partial charge is 0.174 e. The van der Waals surface area contributed by atoms with Crippen LogP contribution in [0.3, 0.4) is 0 Å². The Labute approximate surface area is 123 Å². The molecule has 0 saturated carbocycles. The number of hydrogen-bond donors (Lipinski definition) is 1. The van der Waals surface area contributed by atoms with Gasteiger partial charge in [0.15, 0.2) is 5.78 Å². The van der Waals surface area contributed by atoms with Gasteiger partial charge in [0.2, 0.25) is 0 Å². The second-order valence-corrected chi connectivity index (χ2v) is 6.26. The number of Topliss-reactive ketones (excluding diaryl/α,β-unsaturated/α-hetero) is 1. The summed E-state index contributed by atoms with van der Waals surface area (Å²) in [5.41, 5.74) is 6.80. The Kier molecular flexibility index (Phi) is 4.31. The molecule has 1 aromatic rings. The molecule has 1 fully saturated rings. The summed E-state index contributed by atoms with van der Waals surface area (Å²) < 4.78 is 0. The van der Waals surface area contributed by atoms with Crippen molar-refractivity contribution in [2.75, 3.05) is 37.8 Å². The maximum absolute atomic E-state index is 11.9. The summed E-state index contributed by atoms with van der Waals surface area (Å²) in [6.45, 7) is 3.59. The average molecular weight is 292 g/mol. The van der Waals surface area contributed by atoms with E-state index in [1.54, 1.807) is 0 Å². The van der Waals surface area contributed by atoms with Gasteiger partial charge in [0.05, 0.1) is 10.6 Å². The van der Waals surface area contributed by atoms with E-state index in [0.29, 0.717) is 28.6 Å². The van der Waals surface area contributed by atoms with Gasteiger partial charge in [-0.1, -0.05) is 6.92 Å². The predicted molar refractivity (Wildman–Crippen MR) is 82.4 cm³/mol. The van der Waals surface area contributed by atoms with Crippen molar-refractivity contribution in [3.05, 3.63) is 10.4 Å². The Morgan fingerprint density at radius 2 is 2.30 bits per heavy atom. The highest BCUT2D eigenvalue weighted by molar-refractivity contribution is 7.19. The summed E-state index contributed by atoms with van der Waals surface area (Å²) in [7, 11) is 4.13. The highest BCUT2D eigenvalue weighted by atomic mass is 32.1. The Morgan fingerprint density at radius 3 is 2.80 bits per heavy atom. The van der Waals surface area contributed by atoms with Gasteiger partial charge >= 0.3 is 0 Å². The fraction of sp³-hybridized carbons (Fsp3) is 0.571. The van der Waals surface area contributed by atoms with E-state index in [1.165, 1.54) is 11.3 Å². The van der Waals surface area contributed by atoms with Crippen LogP contribution in [0.2, 0.25) is 0 Å². The molecule has 0 radical (unpaired) electrons. The van der Waals surface area contributed by atoms with E-state index < -0.39 is 0 Å². The van der Waals surface area contributed by atoms with Crippen molar-refractivity contribution >= 4 is 27.8 Å². The third kappa shape index (κ3) is 2.51. The second kappa shape index (κ2) is 5.81. The first-order valence-electron chi connectivity index (χ1n) is 6.76. The molecule has 2 N–H and O–H groups in total. The van der Waals surface area contributed by atoms with Gasteiger partial charge in [0, 0.05) is 25.6 Å². The Bertz CT molecular complexity index is 558. The molecule has 2 heterocycles. The number of likely N-dealkylation sites (N-methyl/N-ethyl adjacent to an activating group) is 1. The van der Waals surface area contributed by atoms with Gasteiger partial charge in [-0.25, -0.2) is 0 Å². The lowest BCUT2D eigenvalue weighted by Gasteiger charge is -2.20. The van der Waals surface area contributed by atoms with Crippen LogP contribution in [0.15, 0.2) is 0 Å². The lowest BCUT2D eigenvalue weighted by Crippen LogP contribution is -2.31. The molecule has 5 nitrogen and oxygen atoms in total. The number of anilines is 2. The van der Waals surface area contributed by atoms with Crippen LogP contribution in [-0.2, 0) is 0 Å². The summed E-state index contributed by atoms with van der Waals surface area (Å²) in [5.74, 6) is 0.0126. The molecule has 2 rings (SSSR count). The molecule has 0 bridgehead atoms. The van der Waals surface area contributed by atoms with Crippen molar-refractivity contribution in [2.45, 2.75) is 25.8 Å². The molecule has 108 valence electrons. The van der Waals surface area contributed by atoms with Crippen molar-refractivity contribution in [1.82, 2.24) is 4.90 Å². The molecular weight excluding hydrogens is 272 g/mol. The lowest BCUT2D eigenvalue weighted by molar-refractivity contribution is 0.0993. The van der Waals surface area contributed by atoms with Crippen LogP contribution < -0.4 is 10.6 Å². The zero-order chi connectivity index (χ0) is 14.9. The van der Waals surface area contributed by atoms with E-state index >= 15 is 0 Å². The number of nitrogens with two attached hydrogens (primary N) is 1. The molecular formula is C14H20N4OS. The number of rotatable bonds is 4. The molecule has 1 aliphatic rings. The maximum Gasteiger partial charge on any atom is 0.174 e. The number of ketones is 1. The van der Waals surface area contributed by atoms with Crippen LogP contribution in [0.5, 0.6) is 0 Å². The SMILES string of the molecule is CCC(=O)c1sc(N2CCC(N(C)C)C2)c(C#N)c1N. The molecule has 0 aliphatic carbocycles. The van der Waals surface area contributed by atoms with E-state index in [1.807, 2.05) is 6.92 Å². The number of thiophene rings is 1. The van der Waals surface area contributed by atoms with Gasteiger partial charge in [-0.15, -0.1) is 11.3 Å². The average Bonchev–Trinajstić information content (AvgIpc) is 3.02. The second-order valence-electron chi connectivity index (χ2n) is 5.27. The van der Waals surface area contributed by atoms with E-state index in [9.17, 15) is 10.1 Å². The van der Waals surface area contributed by atoms with Crippen LogP contribution in [-0.4, -0.2) is 43.9 Å². The third-order valence-electron chi connectivity index (χ3n) is 3.79. The van der Waals surface area contributed by atoms with E-state index in [0.717, 1.165) is 24.5 Å². The van der Waals surface area contributed by atoms with Crippen molar-refractivity contribution in [3.8, 4) is 6.07 Å². The highest BCUT2D eigenvalue weighted by Crippen LogP contribution is 2.40. The minimum Gasteiger partial charge on any atom is -0.396 e. The van der Waals surface area contributed by atoms with Gasteiger partial charge < -0.3 is 15.5 Å². The minimum atomic E-state index is 0.0126. The first-order chi connectivity index (χ1) is 9.49. The van der Waals surface area contributed by atoms with Crippen molar-refractivity contribution in [3.63, 3.8) is 0 Å². The molecule has 0 spiro atoms. The quantitative estimate of drug-likeness (QED) is 0.858. The normalized spacial score (nSPS) is 18.6. The predicted octanol–water partition coefficient (Wildman–Crippen LogP) is 1.93. The maximum atomic E-state index is 11.9. The number of nitrogen functional groups attached to an aromatic ring is 1. The fourth-order valence-electron chi connectivity index (χ4n) is 2.48. The summed E-state index contributed by atoms with van der Waals surface area (Å²) in [6.07, 6.45) is 1.47. The molecule has 1 atom stereocenters. The van der Waals surface area contributed by atoms with Crippen LogP contribution in [0.1, 0.15) is 35.0 Å². The van der Waals surface area contributed by atoms with E-state index in [2.05, 4.69) is 30.0 Å². The molecule has 20 heavy (non-hydrogen) atoms. The topological polar surface area (TPSA) is 73.4 Å². The fourth-order valence-corrected chi connectivity index (χ4v) is 3.69. The number of carbonyl (C=O) groups excluding carboxylic acids is 1. The summed E-state index contributed by atoms with van der Waals surface area (Å²) in [5, 5.41) is 10.2. The van der Waals surface area contributed by atoms with Gasteiger partial charge in [-0.3, -0.25) is 4.79 Å². The van der Waals surface area contributed by atoms with Crippen LogP contribution in [0, 0.1) is 11.3 Å². The molecule has 6 heteroatoms. The monoisotopic (exact) mass is 292 g/mol. The number of nitrogens with zero attached hydrogens (tertiary/aromatic N) is 3. The zero-order valence-corrected chi connectivity index (χ0v) is 13.0. The summed E-state index contributed by atoms with van der Waals surface area (Å²) >= 11 is 1.36. The Morgan fingerprint density at radius 1 is 1.60 bits per heavy atom. The van der Waals surface area contributed by atoms with Crippen LogP contribution >= 0.6 is 11.3 Å². The van der Waals surface area contributed by atoms with E-state index in [4.69, 9.17) is 5.73 Å². The first kappa shape index (κ1) is 14.8. The van der Waals surface area contributed by atoms with Crippen molar-refractivity contribution < 1.29 is 4.79 Å². The lowest BCUT2D eigenvalue weighted by atomic mass is 10.2. The largest absolute Gasteiger partial charge is 0.396 e. The third-order valence-corrected chi connectivity index (χ3v) is 5.10. The molecule has 0 amide bonds. The van der Waals surface area contributed by atoms with E-state index in [-0.39, 0.29) is 5.78 Å².